The molecule has 2 rings (SSSR count). The zero-order chi connectivity index (χ0) is 11.2. The van der Waals surface area contributed by atoms with Gasteiger partial charge in [-0.3, -0.25) is 4.98 Å². The lowest BCUT2D eigenvalue weighted by atomic mass is 10.3. The molecule has 1 heterocycles. The first kappa shape index (κ1) is 10.3. The molecule has 1 aromatic heterocycles. The monoisotopic (exact) mass is 208 g/mol. The maximum Gasteiger partial charge on any atom is 0.0485 e. The number of nitrogens with zero attached hydrogens (tertiary/aromatic N) is 2. The summed E-state index contributed by atoms with van der Waals surface area (Å²) in [7, 11) is 1.94. The first-order valence-corrected chi connectivity index (χ1v) is 5.07. The fourth-order valence-electron chi connectivity index (χ4n) is 1.30. The summed E-state index contributed by atoms with van der Waals surface area (Å²) in [5.74, 6) is 3.06. The van der Waals surface area contributed by atoms with Gasteiger partial charge in [-0.05, 0) is 30.2 Å². The number of rotatable bonds is 1. The van der Waals surface area contributed by atoms with E-state index >= 15 is 0 Å². The molecule has 0 radical (unpaired) electrons. The van der Waals surface area contributed by atoms with Crippen molar-refractivity contribution in [1.82, 2.24) is 4.98 Å². The summed E-state index contributed by atoms with van der Waals surface area (Å²) in [6.45, 7) is 0. The van der Waals surface area contributed by atoms with E-state index in [4.69, 9.17) is 0 Å². The number of para-hydroxylation sites is 1. The minimum atomic E-state index is 0.922. The van der Waals surface area contributed by atoms with Crippen molar-refractivity contribution in [2.24, 2.45) is 0 Å². The van der Waals surface area contributed by atoms with E-state index in [2.05, 4.69) is 16.9 Å². The highest BCUT2D eigenvalue weighted by Crippen LogP contribution is 2.09. The molecule has 0 N–H and O–H groups in total. The lowest BCUT2D eigenvalue weighted by molar-refractivity contribution is 1.25. The van der Waals surface area contributed by atoms with Gasteiger partial charge >= 0.3 is 0 Å². The van der Waals surface area contributed by atoms with Crippen LogP contribution in [0.3, 0.4) is 0 Å². The summed E-state index contributed by atoms with van der Waals surface area (Å²) in [5, 5.41) is 0. The van der Waals surface area contributed by atoms with Gasteiger partial charge in [-0.2, -0.15) is 0 Å². The Morgan fingerprint density at radius 3 is 2.56 bits per heavy atom. The molecule has 0 fully saturated rings. The van der Waals surface area contributed by atoms with Gasteiger partial charge in [0.2, 0.25) is 0 Å². The van der Waals surface area contributed by atoms with Gasteiger partial charge in [0.05, 0.1) is 0 Å². The first-order chi connectivity index (χ1) is 7.86. The maximum absolute atomic E-state index is 4.01. The van der Waals surface area contributed by atoms with Gasteiger partial charge in [0.25, 0.3) is 0 Å². The number of aromatic nitrogens is 1. The van der Waals surface area contributed by atoms with Crippen molar-refractivity contribution in [3.05, 3.63) is 60.4 Å². The third kappa shape index (κ3) is 2.61. The molecule has 0 unspecified atom stereocenters. The van der Waals surface area contributed by atoms with Crippen molar-refractivity contribution >= 4 is 5.69 Å². The number of benzene rings is 1. The van der Waals surface area contributed by atoms with Crippen molar-refractivity contribution in [3.8, 4) is 12.0 Å². The quantitative estimate of drug-likeness (QED) is 0.529. The molecular formula is C14H12N2. The van der Waals surface area contributed by atoms with Crippen molar-refractivity contribution < 1.29 is 0 Å². The standard InChI is InChI=1S/C14H12N2/c1-16(14-7-3-2-4-8-14)11-9-13-6-5-10-15-12-13/h2-8,10,12H,1H3. The second-order valence-electron chi connectivity index (χ2n) is 3.37. The molecule has 0 aliphatic carbocycles. The lowest BCUT2D eigenvalue weighted by Crippen LogP contribution is -2.08. The van der Waals surface area contributed by atoms with Crippen LogP contribution >= 0.6 is 0 Å². The third-order valence-electron chi connectivity index (χ3n) is 2.17. The molecule has 0 bridgehead atoms. The van der Waals surface area contributed by atoms with Crippen LogP contribution in [0.5, 0.6) is 0 Å². The normalized spacial score (nSPS) is 9.06. The van der Waals surface area contributed by atoms with Crippen LogP contribution in [-0.4, -0.2) is 12.0 Å². The van der Waals surface area contributed by atoms with Crippen LogP contribution in [-0.2, 0) is 0 Å². The van der Waals surface area contributed by atoms with Gasteiger partial charge < -0.3 is 4.90 Å². The topological polar surface area (TPSA) is 16.1 Å². The first-order valence-electron chi connectivity index (χ1n) is 5.07. The molecular weight excluding hydrogens is 196 g/mol. The third-order valence-corrected chi connectivity index (χ3v) is 2.17. The minimum absolute atomic E-state index is 0.922. The van der Waals surface area contributed by atoms with E-state index in [9.17, 15) is 0 Å². The fraction of sp³-hybridized carbons (Fsp3) is 0.0714. The Morgan fingerprint density at radius 1 is 1.06 bits per heavy atom. The average molecular weight is 208 g/mol. The number of anilines is 1. The van der Waals surface area contributed by atoms with Gasteiger partial charge in [0.15, 0.2) is 0 Å². The van der Waals surface area contributed by atoms with Crippen molar-refractivity contribution in [2.75, 3.05) is 11.9 Å². The van der Waals surface area contributed by atoms with Crippen LogP contribution in [0.4, 0.5) is 5.69 Å². The molecule has 16 heavy (non-hydrogen) atoms. The molecule has 0 amide bonds. The Bertz CT molecular complexity index is 495. The molecule has 78 valence electrons. The summed E-state index contributed by atoms with van der Waals surface area (Å²) in [5.41, 5.74) is 2.00. The lowest BCUT2D eigenvalue weighted by Gasteiger charge is -2.09. The summed E-state index contributed by atoms with van der Waals surface area (Å²) in [6.07, 6.45) is 3.50. The SMILES string of the molecule is CN(C#Cc1cccnc1)c1ccccc1. The second kappa shape index (κ2) is 4.99. The van der Waals surface area contributed by atoms with Crippen LogP contribution in [0.2, 0.25) is 0 Å². The molecule has 2 aromatic rings. The molecule has 0 atom stereocenters. The van der Waals surface area contributed by atoms with E-state index in [1.165, 1.54) is 0 Å². The van der Waals surface area contributed by atoms with Gasteiger partial charge in [0, 0.05) is 36.7 Å². The smallest absolute Gasteiger partial charge is 0.0485 e. The van der Waals surface area contributed by atoms with Crippen molar-refractivity contribution in [1.29, 1.82) is 0 Å². The Hall–Kier alpha value is -2.27. The number of hydrogen-bond donors (Lipinski definition) is 0. The molecule has 0 aliphatic heterocycles. The Labute approximate surface area is 95.6 Å². The average Bonchev–Trinajstić information content (AvgIpc) is 2.38. The van der Waals surface area contributed by atoms with Crippen LogP contribution < -0.4 is 4.90 Å². The Kier molecular flexibility index (Phi) is 3.20. The molecule has 2 heteroatoms. The summed E-state index contributed by atoms with van der Waals surface area (Å²) < 4.78 is 0. The van der Waals surface area contributed by atoms with Gasteiger partial charge in [0.1, 0.15) is 0 Å². The van der Waals surface area contributed by atoms with Crippen molar-refractivity contribution in [3.63, 3.8) is 0 Å². The van der Waals surface area contributed by atoms with Crippen LogP contribution in [0.1, 0.15) is 5.56 Å². The van der Waals surface area contributed by atoms with E-state index in [0.717, 1.165) is 11.3 Å². The summed E-state index contributed by atoms with van der Waals surface area (Å²) >= 11 is 0. The van der Waals surface area contributed by atoms with E-state index in [-0.39, 0.29) is 0 Å². The second-order valence-corrected chi connectivity index (χ2v) is 3.37. The minimum Gasteiger partial charge on any atom is -0.304 e. The zero-order valence-corrected chi connectivity index (χ0v) is 9.09. The maximum atomic E-state index is 4.01. The van der Waals surface area contributed by atoms with Gasteiger partial charge in [-0.1, -0.05) is 18.2 Å². The molecule has 1 aromatic carbocycles. The van der Waals surface area contributed by atoms with E-state index in [1.54, 1.807) is 12.4 Å². The fourth-order valence-corrected chi connectivity index (χ4v) is 1.30. The van der Waals surface area contributed by atoms with Gasteiger partial charge in [-0.15, -0.1) is 0 Å². The highest BCUT2D eigenvalue weighted by atomic mass is 15.1. The molecule has 0 saturated carbocycles. The van der Waals surface area contributed by atoms with Crippen molar-refractivity contribution in [2.45, 2.75) is 0 Å². The zero-order valence-electron chi connectivity index (χ0n) is 9.09. The van der Waals surface area contributed by atoms with Crippen LogP contribution in [0, 0.1) is 12.0 Å². The Morgan fingerprint density at radius 2 is 1.88 bits per heavy atom. The molecule has 0 saturated heterocycles. The largest absolute Gasteiger partial charge is 0.304 e. The predicted molar refractivity (Wildman–Crippen MR) is 66.0 cm³/mol. The predicted octanol–water partition coefficient (Wildman–Crippen LogP) is 2.53. The summed E-state index contributed by atoms with van der Waals surface area (Å²) in [6, 6.07) is 16.9. The van der Waals surface area contributed by atoms with Crippen LogP contribution in [0.25, 0.3) is 0 Å². The van der Waals surface area contributed by atoms with Gasteiger partial charge in [-0.25, -0.2) is 0 Å². The molecule has 0 spiro atoms. The molecule has 2 nitrogen and oxygen atoms in total. The van der Waals surface area contributed by atoms with E-state index < -0.39 is 0 Å². The highest BCUT2D eigenvalue weighted by Gasteiger charge is 1.93. The van der Waals surface area contributed by atoms with E-state index in [1.807, 2.05) is 54.4 Å². The summed E-state index contributed by atoms with van der Waals surface area (Å²) in [4.78, 5) is 5.91. The molecule has 0 aliphatic rings. The van der Waals surface area contributed by atoms with E-state index in [0.29, 0.717) is 0 Å². The van der Waals surface area contributed by atoms with Crippen LogP contribution in [0.15, 0.2) is 54.9 Å². The number of pyridine rings is 1. The number of hydrogen-bond acceptors (Lipinski definition) is 2. The highest BCUT2D eigenvalue weighted by molar-refractivity contribution is 5.51. The Balaban J connectivity index is 2.15.